The molecule has 0 fully saturated rings. The summed E-state index contributed by atoms with van der Waals surface area (Å²) in [6, 6.07) is 0. The van der Waals surface area contributed by atoms with Crippen LogP contribution in [0.3, 0.4) is 0 Å². The molecular formula is C17H36O8S5. The molecule has 0 radical (unpaired) electrons. The van der Waals surface area contributed by atoms with Crippen molar-refractivity contribution in [3.8, 4) is 0 Å². The molecule has 0 amide bonds. The molecule has 2 N–H and O–H groups in total. The number of rotatable bonds is 13. The third-order valence-electron chi connectivity index (χ3n) is 3.24. The minimum Gasteiger partial charge on any atom is -0.481 e. The molecule has 0 spiro atoms. The van der Waals surface area contributed by atoms with Gasteiger partial charge in [-0.15, -0.1) is 0 Å². The van der Waals surface area contributed by atoms with Crippen molar-refractivity contribution < 1.29 is 37.7 Å². The molecule has 0 aromatic heterocycles. The number of thiol groups is 1. The van der Waals surface area contributed by atoms with Crippen LogP contribution in [0.15, 0.2) is 0 Å². The highest BCUT2D eigenvalue weighted by Gasteiger charge is 2.25. The molecule has 2 atom stereocenters. The van der Waals surface area contributed by atoms with Crippen LogP contribution < -0.4 is 0 Å². The minimum absolute atomic E-state index is 0.0907. The summed E-state index contributed by atoms with van der Waals surface area (Å²) in [7, 11) is 4.64. The summed E-state index contributed by atoms with van der Waals surface area (Å²) in [6.07, 6.45) is 6.21. The number of carbonyl (C=O) groups is 2. The van der Waals surface area contributed by atoms with Crippen molar-refractivity contribution in [3.05, 3.63) is 0 Å². The molecule has 0 aliphatic heterocycles. The van der Waals surface area contributed by atoms with Gasteiger partial charge in [-0.1, -0.05) is 21.6 Å². The fourth-order valence-electron chi connectivity index (χ4n) is 1.78. The molecule has 0 bridgehead atoms. The summed E-state index contributed by atoms with van der Waals surface area (Å²) in [4.78, 5) is 20.6. The lowest BCUT2D eigenvalue weighted by Gasteiger charge is -2.26. The zero-order valence-electron chi connectivity index (χ0n) is 18.7. The van der Waals surface area contributed by atoms with Crippen LogP contribution in [0.2, 0.25) is 0 Å². The highest BCUT2D eigenvalue weighted by molar-refractivity contribution is 8.77. The van der Waals surface area contributed by atoms with E-state index in [-0.39, 0.29) is 22.3 Å². The van der Waals surface area contributed by atoms with Crippen LogP contribution in [0.1, 0.15) is 39.5 Å². The Labute approximate surface area is 198 Å². The highest BCUT2D eigenvalue weighted by Crippen LogP contribution is 2.37. The van der Waals surface area contributed by atoms with Crippen LogP contribution in [0, 0.1) is 0 Å². The predicted molar refractivity (Wildman–Crippen MR) is 133 cm³/mol. The molecule has 8 nitrogen and oxygen atoms in total. The van der Waals surface area contributed by atoms with Gasteiger partial charge in [0, 0.05) is 42.8 Å². The second-order valence-corrected chi connectivity index (χ2v) is 15.3. The maximum atomic E-state index is 10.4. The van der Waals surface area contributed by atoms with E-state index in [1.165, 1.54) is 12.5 Å². The van der Waals surface area contributed by atoms with Crippen LogP contribution in [-0.2, 0) is 27.9 Å². The fraction of sp³-hybridized carbons (Fsp3) is 0.882. The van der Waals surface area contributed by atoms with Gasteiger partial charge in [-0.2, -0.15) is 12.6 Å². The van der Waals surface area contributed by atoms with Crippen molar-refractivity contribution in [2.45, 2.75) is 49.0 Å². The molecule has 0 saturated heterocycles. The Morgan fingerprint density at radius 3 is 1.67 bits per heavy atom. The molecule has 0 aliphatic carbocycles. The predicted octanol–water partition coefficient (Wildman–Crippen LogP) is 3.76. The summed E-state index contributed by atoms with van der Waals surface area (Å²) >= 11 is 4.25. The zero-order chi connectivity index (χ0) is 24.4. The van der Waals surface area contributed by atoms with E-state index in [9.17, 15) is 18.0 Å². The molecule has 2 unspecified atom stereocenters. The van der Waals surface area contributed by atoms with Crippen LogP contribution in [0.4, 0.5) is 0 Å². The van der Waals surface area contributed by atoms with E-state index < -0.39 is 20.8 Å². The summed E-state index contributed by atoms with van der Waals surface area (Å²) in [6.45, 7) is 4.96. The Balaban J connectivity index is -0.000000389. The minimum atomic E-state index is -2.75. The summed E-state index contributed by atoms with van der Waals surface area (Å²) in [5, 5.41) is 16.9. The number of hydrogen-bond acceptors (Lipinski definition) is 10. The van der Waals surface area contributed by atoms with E-state index in [0.29, 0.717) is 26.1 Å². The molecule has 0 rings (SSSR count). The number of carboxylic acids is 2. The molecule has 0 heterocycles. The zero-order valence-corrected chi connectivity index (χ0v) is 22.8. The summed E-state index contributed by atoms with van der Waals surface area (Å²) < 4.78 is 29.4. The lowest BCUT2D eigenvalue weighted by atomic mass is 10.1. The van der Waals surface area contributed by atoms with Gasteiger partial charge in [0.1, 0.15) is 0 Å². The maximum absolute atomic E-state index is 10.4. The third-order valence-corrected chi connectivity index (χ3v) is 8.61. The maximum Gasteiger partial charge on any atom is 0.303 e. The van der Waals surface area contributed by atoms with Crippen LogP contribution in [0.25, 0.3) is 0 Å². The second-order valence-electron chi connectivity index (χ2n) is 6.72. The Morgan fingerprint density at radius 1 is 0.967 bits per heavy atom. The molecule has 0 aromatic carbocycles. The monoisotopic (exact) mass is 528 g/mol. The molecule has 0 saturated carbocycles. The lowest BCUT2D eigenvalue weighted by Crippen LogP contribution is -2.26. The normalized spacial score (nSPS) is 14.8. The van der Waals surface area contributed by atoms with E-state index in [1.807, 2.05) is 20.1 Å². The number of ether oxygens (including phenoxy) is 2. The molecule has 30 heavy (non-hydrogen) atoms. The van der Waals surface area contributed by atoms with Gasteiger partial charge in [-0.25, -0.2) is 8.42 Å². The van der Waals surface area contributed by atoms with Crippen LogP contribution in [0.5, 0.6) is 0 Å². The topological polar surface area (TPSA) is 127 Å². The molecule has 0 aromatic rings. The van der Waals surface area contributed by atoms with E-state index in [4.69, 9.17) is 19.7 Å². The van der Waals surface area contributed by atoms with Crippen molar-refractivity contribution in [1.82, 2.24) is 0 Å². The molecule has 182 valence electrons. The third kappa shape index (κ3) is 28.2. The Kier molecular flexibility index (Phi) is 21.8. The lowest BCUT2D eigenvalue weighted by molar-refractivity contribution is -0.138. The SMILES string of the molecule is COCC(C)(CCC(=O)O)SSC.COCC(C)(S)CCC(=O)O.CSS(C)(=O)=O. The van der Waals surface area contributed by atoms with Gasteiger partial charge in [-0.3, -0.25) is 9.59 Å². The van der Waals surface area contributed by atoms with Gasteiger partial charge in [-0.05, 0) is 50.0 Å². The number of carboxylic acid groups (broad SMARTS) is 2. The fourth-order valence-corrected chi connectivity index (χ4v) is 4.37. The van der Waals surface area contributed by atoms with E-state index in [2.05, 4.69) is 12.6 Å². The standard InChI is InChI=1S/C8H16O3S2.C7H14O3S.C2H6O2S2/c1-8(6-11-2,13-12-3)5-4-7(9)10;1-7(11,5-10-2)4-3-6(8)9;1-5-6(2,3)4/h4-6H2,1-3H3,(H,9,10);11H,3-5H2,1-2H3,(H,8,9);1-2H3. The summed E-state index contributed by atoms with van der Waals surface area (Å²) in [5.41, 5.74) is 0. The van der Waals surface area contributed by atoms with Gasteiger partial charge in [0.15, 0.2) is 8.87 Å². The van der Waals surface area contributed by atoms with Gasteiger partial charge in [0.05, 0.1) is 13.2 Å². The Hall–Kier alpha value is 0.210. The first-order chi connectivity index (χ1) is 13.6. The van der Waals surface area contributed by atoms with Gasteiger partial charge >= 0.3 is 11.9 Å². The van der Waals surface area contributed by atoms with Gasteiger partial charge in [0.2, 0.25) is 0 Å². The number of aliphatic carboxylic acids is 2. The molecular weight excluding hydrogens is 493 g/mol. The number of hydrogen-bond donors (Lipinski definition) is 3. The first-order valence-corrected chi connectivity index (χ1v) is 15.3. The van der Waals surface area contributed by atoms with Crippen molar-refractivity contribution in [2.75, 3.05) is 46.2 Å². The quantitative estimate of drug-likeness (QED) is 0.239. The van der Waals surface area contributed by atoms with Gasteiger partial charge < -0.3 is 19.7 Å². The first kappa shape index (κ1) is 34.8. The number of methoxy groups -OCH3 is 2. The van der Waals surface area contributed by atoms with Gasteiger partial charge in [0.25, 0.3) is 0 Å². The van der Waals surface area contributed by atoms with Crippen molar-refractivity contribution in [1.29, 1.82) is 0 Å². The van der Waals surface area contributed by atoms with E-state index in [0.717, 1.165) is 10.8 Å². The summed E-state index contributed by atoms with van der Waals surface area (Å²) in [5.74, 6) is -1.54. The Morgan fingerprint density at radius 2 is 1.37 bits per heavy atom. The van der Waals surface area contributed by atoms with Crippen LogP contribution in [-0.4, -0.2) is 86.3 Å². The van der Waals surface area contributed by atoms with Crippen molar-refractivity contribution >= 4 is 65.8 Å². The first-order valence-electron chi connectivity index (χ1n) is 8.69. The largest absolute Gasteiger partial charge is 0.481 e. The molecule has 0 aliphatic rings. The molecule has 13 heteroatoms. The average molecular weight is 529 g/mol. The Bertz CT molecular complexity index is 560. The van der Waals surface area contributed by atoms with E-state index in [1.54, 1.807) is 35.8 Å². The van der Waals surface area contributed by atoms with Crippen LogP contribution >= 0.6 is 45.0 Å². The smallest absolute Gasteiger partial charge is 0.303 e. The average Bonchev–Trinajstić information content (AvgIpc) is 2.59. The second kappa shape index (κ2) is 18.8. The van der Waals surface area contributed by atoms with Crippen molar-refractivity contribution in [2.24, 2.45) is 0 Å². The van der Waals surface area contributed by atoms with Crippen molar-refractivity contribution in [3.63, 3.8) is 0 Å². The van der Waals surface area contributed by atoms with E-state index >= 15 is 0 Å². The highest BCUT2D eigenvalue weighted by atomic mass is 33.1.